The molecule has 0 spiro atoms. The molecule has 2 aromatic carbocycles. The minimum Gasteiger partial charge on any atom is -0.496 e. The van der Waals surface area contributed by atoms with Crippen molar-refractivity contribution in [2.75, 3.05) is 13.7 Å². The average Bonchev–Trinajstić information content (AvgIpc) is 2.56. The molecule has 1 saturated heterocycles. The summed E-state index contributed by atoms with van der Waals surface area (Å²) in [6.45, 7) is 1.95. The summed E-state index contributed by atoms with van der Waals surface area (Å²) in [5.41, 5.74) is 8.98. The molecule has 3 rings (SSSR count). The minimum atomic E-state index is 0.186. The van der Waals surface area contributed by atoms with Gasteiger partial charge in [0.15, 0.2) is 0 Å². The Bertz CT molecular complexity index is 599. The number of nitrogens with zero attached hydrogens (tertiary/aromatic N) is 1. The fraction of sp³-hybridized carbons (Fsp3) is 0.368. The van der Waals surface area contributed by atoms with Crippen LogP contribution in [0.3, 0.4) is 0 Å². The van der Waals surface area contributed by atoms with Crippen LogP contribution in [0.2, 0.25) is 0 Å². The Hall–Kier alpha value is -1.84. The molecule has 3 nitrogen and oxygen atoms in total. The first-order chi connectivity index (χ1) is 10.8. The molecule has 3 heteroatoms. The summed E-state index contributed by atoms with van der Waals surface area (Å²) in [6.07, 6.45) is 2.24. The Labute approximate surface area is 132 Å². The Morgan fingerprint density at radius 2 is 1.82 bits per heavy atom. The van der Waals surface area contributed by atoms with Gasteiger partial charge in [0.1, 0.15) is 5.75 Å². The topological polar surface area (TPSA) is 38.5 Å². The van der Waals surface area contributed by atoms with Crippen LogP contribution in [0.5, 0.6) is 5.75 Å². The van der Waals surface area contributed by atoms with Crippen molar-refractivity contribution in [3.8, 4) is 5.75 Å². The molecule has 0 radical (unpaired) electrons. The lowest BCUT2D eigenvalue weighted by atomic mass is 9.90. The molecule has 0 unspecified atom stereocenters. The largest absolute Gasteiger partial charge is 0.496 e. The first kappa shape index (κ1) is 15.1. The van der Waals surface area contributed by atoms with Crippen LogP contribution in [0.4, 0.5) is 0 Å². The van der Waals surface area contributed by atoms with Crippen LogP contribution < -0.4 is 10.5 Å². The van der Waals surface area contributed by atoms with Gasteiger partial charge in [0, 0.05) is 18.2 Å². The van der Waals surface area contributed by atoms with E-state index in [4.69, 9.17) is 10.5 Å². The Morgan fingerprint density at radius 3 is 2.59 bits per heavy atom. The quantitative estimate of drug-likeness (QED) is 0.940. The molecular weight excluding hydrogens is 272 g/mol. The molecule has 0 bridgehead atoms. The molecule has 0 saturated carbocycles. The first-order valence-electron chi connectivity index (χ1n) is 7.96. The fourth-order valence-electron chi connectivity index (χ4n) is 3.44. The average molecular weight is 296 g/mol. The van der Waals surface area contributed by atoms with Crippen molar-refractivity contribution in [2.45, 2.75) is 31.5 Å². The van der Waals surface area contributed by atoms with Crippen molar-refractivity contribution in [1.29, 1.82) is 0 Å². The molecule has 2 aromatic rings. The first-order valence-corrected chi connectivity index (χ1v) is 7.96. The standard InChI is InChI=1S/C19H24N2O/c1-22-18-12-6-5-10-16(18)14-21-13-7-11-17(20)19(21)15-8-3-2-4-9-15/h2-6,8-10,12,17,19H,7,11,13-14,20H2,1H3/t17-,19+/m1/s1. The predicted molar refractivity (Wildman–Crippen MR) is 89.8 cm³/mol. The minimum absolute atomic E-state index is 0.186. The molecule has 2 atom stereocenters. The number of hydrogen-bond donors (Lipinski definition) is 1. The van der Waals surface area contributed by atoms with Gasteiger partial charge in [-0.15, -0.1) is 0 Å². The van der Waals surface area contributed by atoms with Crippen LogP contribution in [-0.2, 0) is 6.54 Å². The zero-order valence-corrected chi connectivity index (χ0v) is 13.1. The zero-order chi connectivity index (χ0) is 15.4. The predicted octanol–water partition coefficient (Wildman–Crippen LogP) is 3.36. The molecule has 2 N–H and O–H groups in total. The highest BCUT2D eigenvalue weighted by atomic mass is 16.5. The highest BCUT2D eigenvalue weighted by Gasteiger charge is 2.30. The van der Waals surface area contributed by atoms with E-state index in [-0.39, 0.29) is 12.1 Å². The number of ether oxygens (including phenoxy) is 1. The number of benzene rings is 2. The summed E-state index contributed by atoms with van der Waals surface area (Å²) in [7, 11) is 1.73. The van der Waals surface area contributed by atoms with Crippen LogP contribution >= 0.6 is 0 Å². The van der Waals surface area contributed by atoms with Crippen molar-refractivity contribution in [3.05, 3.63) is 65.7 Å². The van der Waals surface area contributed by atoms with E-state index in [1.54, 1.807) is 7.11 Å². The monoisotopic (exact) mass is 296 g/mol. The van der Waals surface area contributed by atoms with E-state index in [1.807, 2.05) is 12.1 Å². The molecule has 1 aliphatic heterocycles. The molecule has 1 fully saturated rings. The van der Waals surface area contributed by atoms with Crippen molar-refractivity contribution in [1.82, 2.24) is 4.90 Å². The third-order valence-corrected chi connectivity index (χ3v) is 4.49. The van der Waals surface area contributed by atoms with Gasteiger partial charge in [-0.1, -0.05) is 48.5 Å². The van der Waals surface area contributed by atoms with E-state index < -0.39 is 0 Å². The van der Waals surface area contributed by atoms with E-state index in [1.165, 1.54) is 11.1 Å². The number of piperidine rings is 1. The summed E-state index contributed by atoms with van der Waals surface area (Å²) in [4.78, 5) is 2.49. The van der Waals surface area contributed by atoms with Crippen LogP contribution in [-0.4, -0.2) is 24.6 Å². The summed E-state index contributed by atoms with van der Waals surface area (Å²) < 4.78 is 5.50. The maximum absolute atomic E-state index is 6.45. The van der Waals surface area contributed by atoms with E-state index in [0.717, 1.165) is 31.7 Å². The molecule has 1 aliphatic rings. The van der Waals surface area contributed by atoms with Gasteiger partial charge in [-0.2, -0.15) is 0 Å². The molecule has 1 heterocycles. The number of nitrogens with two attached hydrogens (primary N) is 1. The Kier molecular flexibility index (Phi) is 4.76. The third kappa shape index (κ3) is 3.16. The Balaban J connectivity index is 1.87. The van der Waals surface area contributed by atoms with Crippen LogP contribution in [0.1, 0.15) is 30.0 Å². The molecule has 116 valence electrons. The Morgan fingerprint density at radius 1 is 1.09 bits per heavy atom. The second kappa shape index (κ2) is 6.95. The maximum atomic E-state index is 6.45. The van der Waals surface area contributed by atoms with Crippen molar-refractivity contribution in [3.63, 3.8) is 0 Å². The number of rotatable bonds is 4. The number of para-hydroxylation sites is 1. The van der Waals surface area contributed by atoms with Crippen LogP contribution in [0.25, 0.3) is 0 Å². The van der Waals surface area contributed by atoms with E-state index in [0.29, 0.717) is 0 Å². The second-order valence-electron chi connectivity index (χ2n) is 5.94. The summed E-state index contributed by atoms with van der Waals surface area (Å²) in [5.74, 6) is 0.952. The number of likely N-dealkylation sites (tertiary alicyclic amines) is 1. The van der Waals surface area contributed by atoms with Gasteiger partial charge < -0.3 is 10.5 Å². The van der Waals surface area contributed by atoms with Crippen LogP contribution in [0, 0.1) is 0 Å². The van der Waals surface area contributed by atoms with Crippen molar-refractivity contribution >= 4 is 0 Å². The van der Waals surface area contributed by atoms with Crippen LogP contribution in [0.15, 0.2) is 54.6 Å². The number of hydrogen-bond acceptors (Lipinski definition) is 3. The van der Waals surface area contributed by atoms with Gasteiger partial charge in [0.05, 0.1) is 13.2 Å². The molecular formula is C19H24N2O. The van der Waals surface area contributed by atoms with Crippen molar-refractivity contribution < 1.29 is 4.74 Å². The van der Waals surface area contributed by atoms with E-state index >= 15 is 0 Å². The normalized spacial score (nSPS) is 22.5. The maximum Gasteiger partial charge on any atom is 0.123 e. The van der Waals surface area contributed by atoms with Gasteiger partial charge in [0.2, 0.25) is 0 Å². The van der Waals surface area contributed by atoms with Gasteiger partial charge in [0.25, 0.3) is 0 Å². The lowest BCUT2D eigenvalue weighted by Gasteiger charge is -2.40. The SMILES string of the molecule is COc1ccccc1CN1CCC[C@@H](N)[C@@H]1c1ccccc1. The summed E-state index contributed by atoms with van der Waals surface area (Å²) >= 11 is 0. The van der Waals surface area contributed by atoms with Gasteiger partial charge in [-0.05, 0) is 31.0 Å². The lowest BCUT2D eigenvalue weighted by molar-refractivity contribution is 0.119. The summed E-state index contributed by atoms with van der Waals surface area (Å²) in [5, 5.41) is 0. The fourth-order valence-corrected chi connectivity index (χ4v) is 3.44. The third-order valence-electron chi connectivity index (χ3n) is 4.49. The van der Waals surface area contributed by atoms with Gasteiger partial charge in [-0.3, -0.25) is 4.90 Å². The summed E-state index contributed by atoms with van der Waals surface area (Å²) in [6, 6.07) is 19.3. The highest BCUT2D eigenvalue weighted by molar-refractivity contribution is 5.33. The molecule has 0 amide bonds. The lowest BCUT2D eigenvalue weighted by Crippen LogP contribution is -2.45. The molecule has 0 aromatic heterocycles. The zero-order valence-electron chi connectivity index (χ0n) is 13.1. The smallest absolute Gasteiger partial charge is 0.123 e. The van der Waals surface area contributed by atoms with Crippen molar-refractivity contribution in [2.24, 2.45) is 5.73 Å². The second-order valence-corrected chi connectivity index (χ2v) is 5.94. The van der Waals surface area contributed by atoms with Gasteiger partial charge in [-0.25, -0.2) is 0 Å². The highest BCUT2D eigenvalue weighted by Crippen LogP contribution is 2.32. The molecule has 0 aliphatic carbocycles. The van der Waals surface area contributed by atoms with E-state index in [9.17, 15) is 0 Å². The number of methoxy groups -OCH3 is 1. The van der Waals surface area contributed by atoms with Gasteiger partial charge >= 0.3 is 0 Å². The van der Waals surface area contributed by atoms with E-state index in [2.05, 4.69) is 47.4 Å². The molecule has 22 heavy (non-hydrogen) atoms.